The van der Waals surface area contributed by atoms with Crippen LogP contribution in [0.4, 0.5) is 0 Å². The van der Waals surface area contributed by atoms with Gasteiger partial charge in [-0.2, -0.15) is 0 Å². The Balaban J connectivity index is 2.68. The van der Waals surface area contributed by atoms with Crippen molar-refractivity contribution in [1.29, 1.82) is 0 Å². The van der Waals surface area contributed by atoms with Gasteiger partial charge in [0.1, 0.15) is 17.1 Å². The molecule has 0 heterocycles. The molecule has 0 aromatic heterocycles. The van der Waals surface area contributed by atoms with E-state index in [4.69, 9.17) is 9.47 Å². The molecule has 0 aliphatic carbocycles. The Morgan fingerprint density at radius 1 is 0.867 bits per heavy atom. The van der Waals surface area contributed by atoms with Crippen molar-refractivity contribution < 1.29 is 18.8 Å². The van der Waals surface area contributed by atoms with Gasteiger partial charge >= 0.3 is 0 Å². The van der Waals surface area contributed by atoms with Crippen molar-refractivity contribution in [3.8, 4) is 11.5 Å². The highest BCUT2D eigenvalue weighted by atomic mass is 31.2. The second-order valence-corrected chi connectivity index (χ2v) is 11.7. The lowest BCUT2D eigenvalue weighted by Gasteiger charge is -2.21. The summed E-state index contributed by atoms with van der Waals surface area (Å²) in [5.41, 5.74) is 0.0417. The molecule has 1 aromatic rings. The van der Waals surface area contributed by atoms with Gasteiger partial charge in [-0.1, -0.05) is 84.6 Å². The fourth-order valence-corrected chi connectivity index (χ4v) is 7.08. The average molecular weight is 439 g/mol. The molecule has 0 N–H and O–H groups in total. The van der Waals surface area contributed by atoms with Crippen molar-refractivity contribution in [2.24, 2.45) is 5.92 Å². The van der Waals surface area contributed by atoms with Crippen molar-refractivity contribution in [3.05, 3.63) is 23.8 Å². The zero-order chi connectivity index (χ0) is 22.4. The molecule has 1 rings (SSSR count). The summed E-state index contributed by atoms with van der Waals surface area (Å²) in [6.45, 7) is 6.29. The average Bonchev–Trinajstić information content (AvgIpc) is 2.73. The summed E-state index contributed by atoms with van der Waals surface area (Å²) in [7, 11) is 0.0164. The standard InChI is InChI=1S/C25H43O4P/c1-6-7-8-9-10-11-12-13-14-15-19-30(27,20-21(2)3)25(26)24-22(28-4)17-16-18-23(24)29-5/h16-18,21H,6-15,19-20H2,1-5H3. The maximum absolute atomic E-state index is 13.8. The summed E-state index contributed by atoms with van der Waals surface area (Å²) in [4.78, 5) is 13.4. The van der Waals surface area contributed by atoms with Crippen molar-refractivity contribution in [2.45, 2.75) is 85.0 Å². The van der Waals surface area contributed by atoms with E-state index in [1.165, 1.54) is 59.2 Å². The van der Waals surface area contributed by atoms with Crippen LogP contribution in [0.1, 0.15) is 95.3 Å². The minimum atomic E-state index is -3.04. The Kier molecular flexibility index (Phi) is 13.1. The van der Waals surface area contributed by atoms with Crippen molar-refractivity contribution in [1.82, 2.24) is 0 Å². The molecule has 4 nitrogen and oxygen atoms in total. The number of unbranched alkanes of at least 4 members (excludes halogenated alkanes) is 9. The first kappa shape index (κ1) is 26.8. The quantitative estimate of drug-likeness (QED) is 0.184. The molecule has 0 bridgehead atoms. The number of carbonyl (C=O) groups excluding carboxylic acids is 1. The number of carbonyl (C=O) groups is 1. The van der Waals surface area contributed by atoms with Crippen LogP contribution in [0.25, 0.3) is 0 Å². The molecule has 0 spiro atoms. The Morgan fingerprint density at radius 3 is 1.77 bits per heavy atom. The van der Waals surface area contributed by atoms with Crippen LogP contribution in [0.15, 0.2) is 18.2 Å². The van der Waals surface area contributed by atoms with Crippen molar-refractivity contribution in [3.63, 3.8) is 0 Å². The Bertz CT molecular complexity index is 647. The van der Waals surface area contributed by atoms with Crippen LogP contribution in [0.3, 0.4) is 0 Å². The molecule has 1 unspecified atom stereocenters. The third-order valence-electron chi connectivity index (χ3n) is 5.54. The van der Waals surface area contributed by atoms with Crippen molar-refractivity contribution >= 4 is 12.7 Å². The summed E-state index contributed by atoms with van der Waals surface area (Å²) in [5.74, 6) is 1.07. The van der Waals surface area contributed by atoms with E-state index in [1.807, 2.05) is 13.8 Å². The van der Waals surface area contributed by atoms with Gasteiger partial charge in [0.05, 0.1) is 14.2 Å². The Labute approximate surface area is 184 Å². The van der Waals surface area contributed by atoms with Gasteiger partial charge < -0.3 is 14.0 Å². The minimum Gasteiger partial charge on any atom is -0.496 e. The lowest BCUT2D eigenvalue weighted by atomic mass is 10.1. The Hall–Kier alpha value is -1.28. The summed E-state index contributed by atoms with van der Waals surface area (Å²) in [5, 5.41) is 0. The van der Waals surface area contributed by atoms with E-state index in [0.29, 0.717) is 29.4 Å². The first-order valence-electron chi connectivity index (χ1n) is 11.7. The van der Waals surface area contributed by atoms with Crippen LogP contribution < -0.4 is 9.47 Å². The molecule has 5 heteroatoms. The molecule has 172 valence electrons. The van der Waals surface area contributed by atoms with E-state index < -0.39 is 7.14 Å². The molecule has 0 radical (unpaired) electrons. The van der Waals surface area contributed by atoms with E-state index in [9.17, 15) is 9.36 Å². The van der Waals surface area contributed by atoms with Crippen LogP contribution in [0, 0.1) is 5.92 Å². The first-order valence-corrected chi connectivity index (χ1v) is 13.8. The third kappa shape index (κ3) is 8.84. The minimum absolute atomic E-state index is 0.198. The van der Waals surface area contributed by atoms with E-state index in [0.717, 1.165) is 19.3 Å². The van der Waals surface area contributed by atoms with Gasteiger partial charge in [-0.15, -0.1) is 0 Å². The predicted molar refractivity (Wildman–Crippen MR) is 128 cm³/mol. The second kappa shape index (κ2) is 14.7. The molecule has 0 aliphatic rings. The van der Waals surface area contributed by atoms with Gasteiger partial charge in [-0.25, -0.2) is 0 Å². The molecule has 1 atom stereocenters. The van der Waals surface area contributed by atoms with Gasteiger partial charge in [-0.05, 0) is 24.5 Å². The largest absolute Gasteiger partial charge is 0.496 e. The fourth-order valence-electron chi connectivity index (χ4n) is 3.99. The summed E-state index contributed by atoms with van der Waals surface area (Å²) in [6, 6.07) is 5.25. The second-order valence-electron chi connectivity index (χ2n) is 8.71. The molecule has 1 aromatic carbocycles. The third-order valence-corrected chi connectivity index (χ3v) is 8.87. The van der Waals surface area contributed by atoms with Gasteiger partial charge in [0.25, 0.3) is 0 Å². The Morgan fingerprint density at radius 2 is 1.33 bits per heavy atom. The zero-order valence-electron chi connectivity index (χ0n) is 19.9. The van der Waals surface area contributed by atoms with Gasteiger partial charge in [0.2, 0.25) is 5.52 Å². The van der Waals surface area contributed by atoms with Gasteiger partial charge in [-0.3, -0.25) is 4.79 Å². The maximum Gasteiger partial charge on any atom is 0.228 e. The lowest BCUT2D eigenvalue weighted by Crippen LogP contribution is -2.13. The molecule has 0 amide bonds. The van der Waals surface area contributed by atoms with E-state index in [2.05, 4.69) is 6.92 Å². The number of ether oxygens (including phenoxy) is 2. The topological polar surface area (TPSA) is 52.6 Å². The number of rotatable bonds is 17. The van der Waals surface area contributed by atoms with E-state index in [-0.39, 0.29) is 11.4 Å². The summed E-state index contributed by atoms with van der Waals surface area (Å²) in [6.07, 6.45) is 13.1. The van der Waals surface area contributed by atoms with Crippen LogP contribution in [-0.2, 0) is 4.57 Å². The number of methoxy groups -OCH3 is 2. The first-order chi connectivity index (χ1) is 14.4. The fraction of sp³-hybridized carbons (Fsp3) is 0.720. The molecule has 0 saturated heterocycles. The normalized spacial score (nSPS) is 13.3. The summed E-state index contributed by atoms with van der Waals surface area (Å²) >= 11 is 0. The molecule has 0 fully saturated rings. The van der Waals surface area contributed by atoms with Gasteiger partial charge in [0.15, 0.2) is 7.14 Å². The van der Waals surface area contributed by atoms with Crippen LogP contribution >= 0.6 is 7.14 Å². The summed E-state index contributed by atoms with van der Waals surface area (Å²) < 4.78 is 24.6. The molecular weight excluding hydrogens is 395 g/mol. The molecule has 0 aliphatic heterocycles. The smallest absolute Gasteiger partial charge is 0.228 e. The highest BCUT2D eigenvalue weighted by Gasteiger charge is 2.36. The highest BCUT2D eigenvalue weighted by molar-refractivity contribution is 7.81. The lowest BCUT2D eigenvalue weighted by molar-refractivity contribution is 0.106. The van der Waals surface area contributed by atoms with Crippen LogP contribution in [0.2, 0.25) is 0 Å². The SMILES string of the molecule is CCCCCCCCCCCCP(=O)(CC(C)C)C(=O)c1c(OC)cccc1OC. The molecule has 0 saturated carbocycles. The monoisotopic (exact) mass is 438 g/mol. The van der Waals surface area contributed by atoms with Crippen LogP contribution in [0.5, 0.6) is 11.5 Å². The van der Waals surface area contributed by atoms with E-state index >= 15 is 0 Å². The number of benzene rings is 1. The molecule has 30 heavy (non-hydrogen) atoms. The molecular formula is C25H43O4P. The van der Waals surface area contributed by atoms with Crippen molar-refractivity contribution in [2.75, 3.05) is 26.5 Å². The predicted octanol–water partition coefficient (Wildman–Crippen LogP) is 7.78. The highest BCUT2D eigenvalue weighted by Crippen LogP contribution is 2.53. The number of hydrogen-bond acceptors (Lipinski definition) is 4. The maximum atomic E-state index is 13.8. The van der Waals surface area contributed by atoms with Crippen LogP contribution in [-0.4, -0.2) is 32.1 Å². The van der Waals surface area contributed by atoms with E-state index in [1.54, 1.807) is 18.2 Å². The van der Waals surface area contributed by atoms with Gasteiger partial charge in [0, 0.05) is 12.3 Å². The number of hydrogen-bond donors (Lipinski definition) is 0. The zero-order valence-corrected chi connectivity index (χ0v) is 20.8.